The summed E-state index contributed by atoms with van der Waals surface area (Å²) in [6.45, 7) is 3.26. The van der Waals surface area contributed by atoms with Crippen LogP contribution >= 0.6 is 11.6 Å². The minimum Gasteiger partial charge on any atom is -0.508 e. The topological polar surface area (TPSA) is 54.4 Å². The van der Waals surface area contributed by atoms with Crippen molar-refractivity contribution in [2.45, 2.75) is 24.9 Å². The van der Waals surface area contributed by atoms with Crippen molar-refractivity contribution >= 4 is 21.4 Å². The number of phenols is 1. The number of sulfone groups is 1. The maximum atomic E-state index is 11.6. The first-order valence-corrected chi connectivity index (χ1v) is 6.61. The predicted octanol–water partition coefficient (Wildman–Crippen LogP) is 2.37. The van der Waals surface area contributed by atoms with Crippen LogP contribution in [0.25, 0.3) is 0 Å². The third kappa shape index (κ3) is 3.11. The van der Waals surface area contributed by atoms with Crippen molar-refractivity contribution in [3.63, 3.8) is 0 Å². The van der Waals surface area contributed by atoms with Gasteiger partial charge in [-0.3, -0.25) is 0 Å². The number of benzene rings is 1. The zero-order valence-corrected chi connectivity index (χ0v) is 10.1. The van der Waals surface area contributed by atoms with Crippen LogP contribution in [0.2, 0.25) is 5.02 Å². The van der Waals surface area contributed by atoms with Gasteiger partial charge in [-0.05, 0) is 31.5 Å². The summed E-state index contributed by atoms with van der Waals surface area (Å²) >= 11 is 5.82. The molecule has 0 aliphatic heterocycles. The maximum absolute atomic E-state index is 11.6. The molecule has 0 atom stereocenters. The second-order valence-corrected chi connectivity index (χ2v) is 6.60. The van der Waals surface area contributed by atoms with E-state index >= 15 is 0 Å². The van der Waals surface area contributed by atoms with E-state index in [2.05, 4.69) is 0 Å². The lowest BCUT2D eigenvalue weighted by molar-refractivity contribution is 0.475. The first-order valence-electron chi connectivity index (χ1n) is 4.52. The van der Waals surface area contributed by atoms with Crippen LogP contribution in [0, 0.1) is 0 Å². The normalized spacial score (nSPS) is 12.0. The Bertz CT molecular complexity index is 452. The number of hydrogen-bond acceptors (Lipinski definition) is 3. The van der Waals surface area contributed by atoms with E-state index in [0.717, 1.165) is 0 Å². The fourth-order valence-corrected chi connectivity index (χ4v) is 2.38. The quantitative estimate of drug-likeness (QED) is 0.894. The van der Waals surface area contributed by atoms with Gasteiger partial charge in [-0.25, -0.2) is 8.42 Å². The number of halogens is 1. The van der Waals surface area contributed by atoms with E-state index < -0.39 is 15.1 Å². The highest BCUT2D eigenvalue weighted by molar-refractivity contribution is 7.91. The SMILES string of the molecule is CC(C)S(=O)(=O)Cc1ccc(O)cc1Cl. The zero-order chi connectivity index (χ0) is 11.6. The average Bonchev–Trinajstić information content (AvgIpc) is 2.09. The fraction of sp³-hybridized carbons (Fsp3) is 0.400. The Morgan fingerprint density at radius 3 is 2.47 bits per heavy atom. The Morgan fingerprint density at radius 2 is 2.00 bits per heavy atom. The Kier molecular flexibility index (Phi) is 3.62. The van der Waals surface area contributed by atoms with Crippen molar-refractivity contribution < 1.29 is 13.5 Å². The lowest BCUT2D eigenvalue weighted by Crippen LogP contribution is -2.16. The second-order valence-electron chi connectivity index (χ2n) is 3.63. The minimum atomic E-state index is -3.15. The molecule has 0 aromatic heterocycles. The molecule has 0 saturated heterocycles. The van der Waals surface area contributed by atoms with E-state index in [0.29, 0.717) is 5.56 Å². The summed E-state index contributed by atoms with van der Waals surface area (Å²) in [4.78, 5) is 0. The van der Waals surface area contributed by atoms with Gasteiger partial charge in [0.15, 0.2) is 9.84 Å². The van der Waals surface area contributed by atoms with E-state index in [1.165, 1.54) is 18.2 Å². The average molecular weight is 249 g/mol. The lowest BCUT2D eigenvalue weighted by atomic mass is 10.2. The standard InChI is InChI=1S/C10H13ClO3S/c1-7(2)15(13,14)6-8-3-4-9(12)5-10(8)11/h3-5,7,12H,6H2,1-2H3. The molecule has 0 heterocycles. The molecule has 15 heavy (non-hydrogen) atoms. The van der Waals surface area contributed by atoms with Crippen LogP contribution in [0.1, 0.15) is 19.4 Å². The van der Waals surface area contributed by atoms with Crippen LogP contribution < -0.4 is 0 Å². The summed E-state index contributed by atoms with van der Waals surface area (Å²) < 4.78 is 23.2. The molecule has 84 valence electrons. The summed E-state index contributed by atoms with van der Waals surface area (Å²) in [6, 6.07) is 4.29. The van der Waals surface area contributed by atoms with Crippen LogP contribution in [-0.4, -0.2) is 18.8 Å². The maximum Gasteiger partial charge on any atom is 0.156 e. The molecule has 5 heteroatoms. The number of rotatable bonds is 3. The van der Waals surface area contributed by atoms with Gasteiger partial charge in [0.1, 0.15) is 5.75 Å². The van der Waals surface area contributed by atoms with Crippen LogP contribution in [0.3, 0.4) is 0 Å². The van der Waals surface area contributed by atoms with Gasteiger partial charge in [-0.15, -0.1) is 0 Å². The van der Waals surface area contributed by atoms with E-state index in [-0.39, 0.29) is 16.5 Å². The molecule has 0 saturated carbocycles. The molecule has 0 spiro atoms. The van der Waals surface area contributed by atoms with Crippen LogP contribution in [0.4, 0.5) is 0 Å². The summed E-state index contributed by atoms with van der Waals surface area (Å²) in [6.07, 6.45) is 0. The summed E-state index contributed by atoms with van der Waals surface area (Å²) in [5, 5.41) is 8.96. The van der Waals surface area contributed by atoms with Gasteiger partial charge >= 0.3 is 0 Å². The van der Waals surface area contributed by atoms with Gasteiger partial charge in [0.2, 0.25) is 0 Å². The lowest BCUT2D eigenvalue weighted by Gasteiger charge is -2.09. The van der Waals surface area contributed by atoms with Crippen molar-refractivity contribution in [2.24, 2.45) is 0 Å². The fourth-order valence-electron chi connectivity index (χ4n) is 1.04. The highest BCUT2D eigenvalue weighted by Gasteiger charge is 2.18. The van der Waals surface area contributed by atoms with Crippen molar-refractivity contribution in [3.8, 4) is 5.75 Å². The number of phenolic OH excluding ortho intramolecular Hbond substituents is 1. The summed E-state index contributed by atoms with van der Waals surface area (Å²) in [5.41, 5.74) is 0.517. The van der Waals surface area contributed by atoms with Gasteiger partial charge < -0.3 is 5.11 Å². The molecular formula is C10H13ClO3S. The van der Waals surface area contributed by atoms with E-state index in [4.69, 9.17) is 16.7 Å². The molecule has 0 radical (unpaired) electrons. The molecule has 1 aromatic carbocycles. The predicted molar refractivity (Wildman–Crippen MR) is 60.9 cm³/mol. The monoisotopic (exact) mass is 248 g/mol. The Morgan fingerprint density at radius 1 is 1.40 bits per heavy atom. The van der Waals surface area contributed by atoms with E-state index in [1.807, 2.05) is 0 Å². The molecule has 0 unspecified atom stereocenters. The summed E-state index contributed by atoms with van der Waals surface area (Å²) in [5.74, 6) is -0.0604. The van der Waals surface area contributed by atoms with Gasteiger partial charge in [-0.1, -0.05) is 17.7 Å². The molecule has 1 rings (SSSR count). The van der Waals surface area contributed by atoms with Crippen LogP contribution in [0.5, 0.6) is 5.75 Å². The van der Waals surface area contributed by atoms with Crippen molar-refractivity contribution in [1.29, 1.82) is 0 Å². The van der Waals surface area contributed by atoms with E-state index in [1.54, 1.807) is 13.8 Å². The van der Waals surface area contributed by atoms with Gasteiger partial charge in [-0.2, -0.15) is 0 Å². The highest BCUT2D eigenvalue weighted by atomic mass is 35.5. The highest BCUT2D eigenvalue weighted by Crippen LogP contribution is 2.24. The second kappa shape index (κ2) is 4.41. The van der Waals surface area contributed by atoms with Crippen LogP contribution in [-0.2, 0) is 15.6 Å². The van der Waals surface area contributed by atoms with Crippen LogP contribution in [0.15, 0.2) is 18.2 Å². The number of hydrogen-bond donors (Lipinski definition) is 1. The zero-order valence-electron chi connectivity index (χ0n) is 8.57. The van der Waals surface area contributed by atoms with E-state index in [9.17, 15) is 8.42 Å². The van der Waals surface area contributed by atoms with Crippen molar-refractivity contribution in [2.75, 3.05) is 0 Å². The van der Waals surface area contributed by atoms with Gasteiger partial charge in [0, 0.05) is 5.02 Å². The molecule has 0 fully saturated rings. The largest absolute Gasteiger partial charge is 0.508 e. The number of aromatic hydroxyl groups is 1. The molecule has 1 N–H and O–H groups in total. The van der Waals surface area contributed by atoms with Crippen molar-refractivity contribution in [3.05, 3.63) is 28.8 Å². The third-order valence-corrected chi connectivity index (χ3v) is 4.61. The smallest absolute Gasteiger partial charge is 0.156 e. The Balaban J connectivity index is 3.01. The molecule has 3 nitrogen and oxygen atoms in total. The molecule has 1 aromatic rings. The molecular weight excluding hydrogens is 236 g/mol. The third-order valence-electron chi connectivity index (χ3n) is 2.11. The Labute approximate surface area is 94.6 Å². The molecule has 0 aliphatic rings. The van der Waals surface area contributed by atoms with Gasteiger partial charge in [0.05, 0.1) is 11.0 Å². The van der Waals surface area contributed by atoms with Gasteiger partial charge in [0.25, 0.3) is 0 Å². The molecule has 0 bridgehead atoms. The van der Waals surface area contributed by atoms with Crippen molar-refractivity contribution in [1.82, 2.24) is 0 Å². The molecule has 0 aliphatic carbocycles. The Hall–Kier alpha value is -0.740. The first-order chi connectivity index (χ1) is 6.83. The molecule has 0 amide bonds. The first kappa shape index (κ1) is 12.3. The summed E-state index contributed by atoms with van der Waals surface area (Å²) in [7, 11) is -3.15. The minimum absolute atomic E-state index is 0.0331.